The average molecular weight is 406 g/mol. The minimum absolute atomic E-state index is 0.0579. The predicted octanol–water partition coefficient (Wildman–Crippen LogP) is 2.78. The molecule has 146 valence electrons. The van der Waals surface area contributed by atoms with Crippen molar-refractivity contribution >= 4 is 17.5 Å². The number of carbonyl (C=O) groups is 1. The Kier molecular flexibility index (Phi) is 4.86. The van der Waals surface area contributed by atoms with Crippen LogP contribution in [0.5, 0.6) is 0 Å². The summed E-state index contributed by atoms with van der Waals surface area (Å²) >= 11 is 6.12. The zero-order chi connectivity index (χ0) is 19.8. The summed E-state index contributed by atoms with van der Waals surface area (Å²) in [5.41, 5.74) is 1.24. The Bertz CT molecular complexity index is 1030. The number of amides is 1. The lowest BCUT2D eigenvalue weighted by atomic mass is 10.1. The molecule has 4 rings (SSSR count). The van der Waals surface area contributed by atoms with Crippen molar-refractivity contribution in [2.24, 2.45) is 7.05 Å². The number of nitrogens with zero attached hydrogens (tertiary/aromatic N) is 5. The smallest absolute Gasteiger partial charge is 0.261 e. The molecule has 0 unspecified atom stereocenters. The summed E-state index contributed by atoms with van der Waals surface area (Å²) in [5, 5.41) is 8.15. The highest BCUT2D eigenvalue weighted by Gasteiger charge is 2.34. The molecule has 1 fully saturated rings. The van der Waals surface area contributed by atoms with Gasteiger partial charge in [-0.15, -0.1) is 0 Å². The van der Waals surface area contributed by atoms with Crippen LogP contribution in [0.1, 0.15) is 27.8 Å². The van der Waals surface area contributed by atoms with Crippen LogP contribution in [0.4, 0.5) is 4.39 Å². The number of rotatable bonds is 3. The quantitative estimate of drug-likeness (QED) is 0.666. The van der Waals surface area contributed by atoms with Gasteiger partial charge in [0.1, 0.15) is 11.9 Å². The van der Waals surface area contributed by atoms with E-state index in [1.807, 2.05) is 0 Å². The summed E-state index contributed by atoms with van der Waals surface area (Å²) in [6.45, 7) is 2.49. The standard InChI is InChI=1S/C18H17ClFN5O3/c1-10-5-12(13(19)6-14(10)20)18(26)25-3-4-27-9-15(25)16-22-17(28-23-16)11-7-21-24(2)8-11/h5-8,15H,3-4,9H2,1-2H3/t15-/m1/s1. The first-order chi connectivity index (χ1) is 13.4. The van der Waals surface area contributed by atoms with Crippen LogP contribution in [-0.4, -0.2) is 50.5 Å². The normalized spacial score (nSPS) is 17.1. The van der Waals surface area contributed by atoms with Gasteiger partial charge in [-0.1, -0.05) is 16.8 Å². The van der Waals surface area contributed by atoms with E-state index in [1.54, 1.807) is 35.9 Å². The summed E-state index contributed by atoms with van der Waals surface area (Å²) in [4.78, 5) is 19.1. The lowest BCUT2D eigenvalue weighted by Crippen LogP contribution is -2.44. The first-order valence-electron chi connectivity index (χ1n) is 8.61. The van der Waals surface area contributed by atoms with Crippen LogP contribution in [-0.2, 0) is 11.8 Å². The minimum Gasteiger partial charge on any atom is -0.377 e. The van der Waals surface area contributed by atoms with Crippen LogP contribution in [0, 0.1) is 12.7 Å². The SMILES string of the molecule is Cc1cc(C(=O)N2CCOC[C@@H]2c2noc(-c3cnn(C)c3)n2)c(Cl)cc1F. The molecule has 1 aliphatic heterocycles. The third kappa shape index (κ3) is 3.38. The van der Waals surface area contributed by atoms with E-state index < -0.39 is 11.9 Å². The fraction of sp³-hybridized carbons (Fsp3) is 0.333. The second kappa shape index (κ2) is 7.33. The van der Waals surface area contributed by atoms with E-state index in [-0.39, 0.29) is 23.1 Å². The molecule has 0 radical (unpaired) electrons. The van der Waals surface area contributed by atoms with Gasteiger partial charge in [0.05, 0.1) is 35.6 Å². The highest BCUT2D eigenvalue weighted by molar-refractivity contribution is 6.33. The Labute approximate surface area is 164 Å². The minimum atomic E-state index is -0.545. The lowest BCUT2D eigenvalue weighted by Gasteiger charge is -2.34. The molecule has 3 heterocycles. The van der Waals surface area contributed by atoms with E-state index in [9.17, 15) is 9.18 Å². The van der Waals surface area contributed by atoms with Crippen molar-refractivity contribution in [3.05, 3.63) is 52.3 Å². The van der Waals surface area contributed by atoms with Crippen molar-refractivity contribution in [2.75, 3.05) is 19.8 Å². The Hall–Kier alpha value is -2.78. The zero-order valence-electron chi connectivity index (χ0n) is 15.2. The van der Waals surface area contributed by atoms with Crippen LogP contribution in [0.3, 0.4) is 0 Å². The number of aryl methyl sites for hydroxylation is 2. The molecule has 1 saturated heterocycles. The van der Waals surface area contributed by atoms with Crippen LogP contribution in [0.25, 0.3) is 11.5 Å². The van der Waals surface area contributed by atoms with Gasteiger partial charge in [-0.25, -0.2) is 4.39 Å². The number of hydrogen-bond acceptors (Lipinski definition) is 6. The maximum atomic E-state index is 13.7. The molecular weight excluding hydrogens is 389 g/mol. The van der Waals surface area contributed by atoms with Crippen LogP contribution >= 0.6 is 11.6 Å². The fourth-order valence-electron chi connectivity index (χ4n) is 3.06. The second-order valence-corrected chi connectivity index (χ2v) is 6.94. The van der Waals surface area contributed by atoms with Crippen molar-refractivity contribution < 1.29 is 18.4 Å². The highest BCUT2D eigenvalue weighted by Crippen LogP contribution is 2.29. The monoisotopic (exact) mass is 405 g/mol. The van der Waals surface area contributed by atoms with E-state index in [0.717, 1.165) is 6.07 Å². The number of benzene rings is 1. The Balaban J connectivity index is 1.64. The van der Waals surface area contributed by atoms with Gasteiger partial charge in [-0.3, -0.25) is 9.48 Å². The van der Waals surface area contributed by atoms with Gasteiger partial charge < -0.3 is 14.2 Å². The first kappa shape index (κ1) is 18.6. The molecule has 28 heavy (non-hydrogen) atoms. The first-order valence-corrected chi connectivity index (χ1v) is 8.99. The summed E-state index contributed by atoms with van der Waals surface area (Å²) in [6, 6.07) is 2.05. The molecule has 0 bridgehead atoms. The number of halogens is 2. The second-order valence-electron chi connectivity index (χ2n) is 6.53. The number of morpholine rings is 1. The molecule has 10 heteroatoms. The summed E-state index contributed by atoms with van der Waals surface area (Å²) in [7, 11) is 1.78. The molecule has 8 nitrogen and oxygen atoms in total. The number of aromatic nitrogens is 4. The molecule has 0 saturated carbocycles. The maximum absolute atomic E-state index is 13.7. The van der Waals surface area contributed by atoms with E-state index in [4.69, 9.17) is 20.9 Å². The predicted molar refractivity (Wildman–Crippen MR) is 97.2 cm³/mol. The van der Waals surface area contributed by atoms with Crippen molar-refractivity contribution in [1.29, 1.82) is 0 Å². The van der Waals surface area contributed by atoms with E-state index in [0.29, 0.717) is 36.0 Å². The molecule has 1 atom stereocenters. The number of ether oxygens (including phenoxy) is 1. The van der Waals surface area contributed by atoms with E-state index in [2.05, 4.69) is 15.2 Å². The van der Waals surface area contributed by atoms with Crippen molar-refractivity contribution in [2.45, 2.75) is 13.0 Å². The maximum Gasteiger partial charge on any atom is 0.261 e. The summed E-state index contributed by atoms with van der Waals surface area (Å²) in [5.74, 6) is -0.174. The molecule has 1 amide bonds. The Morgan fingerprint density at radius 1 is 1.39 bits per heavy atom. The molecular formula is C18H17ClFN5O3. The molecule has 0 aliphatic carbocycles. The van der Waals surface area contributed by atoms with Gasteiger partial charge in [0.15, 0.2) is 5.82 Å². The van der Waals surface area contributed by atoms with Gasteiger partial charge >= 0.3 is 0 Å². The summed E-state index contributed by atoms with van der Waals surface area (Å²) in [6.07, 6.45) is 3.36. The van der Waals surface area contributed by atoms with Crippen LogP contribution in [0.2, 0.25) is 5.02 Å². The fourth-order valence-corrected chi connectivity index (χ4v) is 3.29. The van der Waals surface area contributed by atoms with Gasteiger partial charge in [0, 0.05) is 19.8 Å². The van der Waals surface area contributed by atoms with Gasteiger partial charge in [-0.2, -0.15) is 10.1 Å². The van der Waals surface area contributed by atoms with Gasteiger partial charge in [-0.05, 0) is 24.6 Å². The topological polar surface area (TPSA) is 86.3 Å². The summed E-state index contributed by atoms with van der Waals surface area (Å²) < 4.78 is 26.2. The number of carbonyl (C=O) groups excluding carboxylic acids is 1. The molecule has 1 aliphatic rings. The van der Waals surface area contributed by atoms with E-state index in [1.165, 1.54) is 6.07 Å². The van der Waals surface area contributed by atoms with Crippen LogP contribution in [0.15, 0.2) is 29.0 Å². The van der Waals surface area contributed by atoms with Crippen LogP contribution < -0.4 is 0 Å². The molecule has 0 spiro atoms. The zero-order valence-corrected chi connectivity index (χ0v) is 16.0. The van der Waals surface area contributed by atoms with Gasteiger partial charge in [0.2, 0.25) is 0 Å². The number of hydrogen-bond donors (Lipinski definition) is 0. The largest absolute Gasteiger partial charge is 0.377 e. The van der Waals surface area contributed by atoms with Crippen molar-refractivity contribution in [3.63, 3.8) is 0 Å². The third-order valence-corrected chi connectivity index (χ3v) is 4.87. The van der Waals surface area contributed by atoms with Crippen molar-refractivity contribution in [3.8, 4) is 11.5 Å². The van der Waals surface area contributed by atoms with E-state index >= 15 is 0 Å². The third-order valence-electron chi connectivity index (χ3n) is 4.56. The average Bonchev–Trinajstić information content (AvgIpc) is 3.33. The Morgan fingerprint density at radius 3 is 2.96 bits per heavy atom. The molecule has 1 aromatic carbocycles. The Morgan fingerprint density at radius 2 is 2.21 bits per heavy atom. The van der Waals surface area contributed by atoms with Gasteiger partial charge in [0.25, 0.3) is 11.8 Å². The molecule has 2 aromatic heterocycles. The lowest BCUT2D eigenvalue weighted by molar-refractivity contribution is -0.00576. The molecule has 0 N–H and O–H groups in total. The van der Waals surface area contributed by atoms with Crippen molar-refractivity contribution in [1.82, 2.24) is 24.8 Å². The highest BCUT2D eigenvalue weighted by atomic mass is 35.5. The molecule has 3 aromatic rings.